The van der Waals surface area contributed by atoms with E-state index in [2.05, 4.69) is 12.2 Å². The fourth-order valence-electron chi connectivity index (χ4n) is 2.84. The Kier molecular flexibility index (Phi) is 5.13. The van der Waals surface area contributed by atoms with Crippen LogP contribution in [0, 0.1) is 0 Å². The molecular weight excluding hydrogens is 281 g/mol. The third-order valence-corrected chi connectivity index (χ3v) is 4.87. The molecule has 2 nitrogen and oxygen atoms in total. The highest BCUT2D eigenvalue weighted by molar-refractivity contribution is 6.36. The van der Waals surface area contributed by atoms with Gasteiger partial charge in [0.1, 0.15) is 0 Å². The van der Waals surface area contributed by atoms with Crippen molar-refractivity contribution < 1.29 is 4.74 Å². The Bertz CT molecular complexity index is 406. The van der Waals surface area contributed by atoms with E-state index >= 15 is 0 Å². The summed E-state index contributed by atoms with van der Waals surface area (Å²) in [7, 11) is 1.80. The molecule has 1 aromatic carbocycles. The molecule has 2 rings (SSSR count). The van der Waals surface area contributed by atoms with E-state index in [1.54, 1.807) is 7.11 Å². The first-order valence-electron chi connectivity index (χ1n) is 6.84. The van der Waals surface area contributed by atoms with Gasteiger partial charge in [0.25, 0.3) is 0 Å². The predicted molar refractivity (Wildman–Crippen MR) is 81.2 cm³/mol. The second-order valence-corrected chi connectivity index (χ2v) is 5.95. The molecule has 0 heterocycles. The molecule has 1 N–H and O–H groups in total. The number of likely N-dealkylation sites (N-methyl/N-ethyl adjacent to an activating group) is 1. The van der Waals surface area contributed by atoms with Crippen LogP contribution in [0.2, 0.25) is 10.0 Å². The average molecular weight is 302 g/mol. The fraction of sp³-hybridized carbons (Fsp3) is 0.600. The molecule has 19 heavy (non-hydrogen) atoms. The van der Waals surface area contributed by atoms with Crippen molar-refractivity contribution in [3.63, 3.8) is 0 Å². The first-order valence-corrected chi connectivity index (χ1v) is 7.60. The van der Waals surface area contributed by atoms with Gasteiger partial charge in [-0.25, -0.2) is 0 Å². The minimum Gasteiger partial charge on any atom is -0.377 e. The molecule has 0 spiro atoms. The van der Waals surface area contributed by atoms with Crippen LogP contribution >= 0.6 is 23.2 Å². The van der Waals surface area contributed by atoms with E-state index in [-0.39, 0.29) is 11.6 Å². The lowest BCUT2D eigenvalue weighted by molar-refractivity contribution is -0.0978. The van der Waals surface area contributed by atoms with Gasteiger partial charge in [0, 0.05) is 23.2 Å². The smallest absolute Gasteiger partial charge is 0.0834 e. The molecule has 0 aliphatic heterocycles. The Labute approximate surface area is 125 Å². The Morgan fingerprint density at radius 1 is 1.32 bits per heavy atom. The average Bonchev–Trinajstić information content (AvgIpc) is 2.33. The summed E-state index contributed by atoms with van der Waals surface area (Å²) in [5, 5.41) is 5.01. The maximum atomic E-state index is 6.28. The van der Waals surface area contributed by atoms with Gasteiger partial charge in [-0.05, 0) is 49.9 Å². The van der Waals surface area contributed by atoms with E-state index in [0.717, 1.165) is 41.4 Å². The first-order chi connectivity index (χ1) is 9.13. The number of nitrogens with one attached hydrogen (secondary N) is 1. The lowest BCUT2D eigenvalue weighted by Crippen LogP contribution is -2.57. The SMILES string of the molecule is CCNC(Cc1c(Cl)cccc1Cl)C1(OC)CCC1. The molecule has 106 valence electrons. The van der Waals surface area contributed by atoms with Crippen molar-refractivity contribution in [3.05, 3.63) is 33.8 Å². The summed E-state index contributed by atoms with van der Waals surface area (Å²) in [6.45, 7) is 3.03. The van der Waals surface area contributed by atoms with E-state index in [9.17, 15) is 0 Å². The monoisotopic (exact) mass is 301 g/mol. The molecule has 1 aromatic rings. The third kappa shape index (κ3) is 3.08. The standard InChI is InChI=1S/C15H21Cl2NO/c1-3-18-14(15(19-2)8-5-9-15)10-11-12(16)6-4-7-13(11)17/h4,6-7,14,18H,3,5,8-10H2,1-2H3. The maximum absolute atomic E-state index is 6.28. The molecule has 1 saturated carbocycles. The molecule has 0 bridgehead atoms. The van der Waals surface area contributed by atoms with E-state index in [0.29, 0.717) is 0 Å². The zero-order chi connectivity index (χ0) is 13.9. The normalized spacial score (nSPS) is 18.9. The Morgan fingerprint density at radius 3 is 2.37 bits per heavy atom. The number of methoxy groups -OCH3 is 1. The fourth-order valence-corrected chi connectivity index (χ4v) is 3.39. The summed E-state index contributed by atoms with van der Waals surface area (Å²) < 4.78 is 5.79. The van der Waals surface area contributed by atoms with E-state index in [4.69, 9.17) is 27.9 Å². The predicted octanol–water partition coefficient (Wildman–Crippen LogP) is 4.08. The van der Waals surface area contributed by atoms with Gasteiger partial charge in [-0.3, -0.25) is 0 Å². The summed E-state index contributed by atoms with van der Waals surface area (Å²) in [5.74, 6) is 0. The van der Waals surface area contributed by atoms with E-state index in [1.807, 2.05) is 18.2 Å². The van der Waals surface area contributed by atoms with Crippen LogP contribution in [0.15, 0.2) is 18.2 Å². The van der Waals surface area contributed by atoms with Crippen molar-refractivity contribution in [2.24, 2.45) is 0 Å². The molecule has 1 fully saturated rings. The van der Waals surface area contributed by atoms with Crippen molar-refractivity contribution in [1.29, 1.82) is 0 Å². The topological polar surface area (TPSA) is 21.3 Å². The van der Waals surface area contributed by atoms with Crippen LogP contribution in [0.5, 0.6) is 0 Å². The number of hydrogen-bond acceptors (Lipinski definition) is 2. The van der Waals surface area contributed by atoms with Crippen molar-refractivity contribution in [2.45, 2.75) is 44.2 Å². The quantitative estimate of drug-likeness (QED) is 0.855. The maximum Gasteiger partial charge on any atom is 0.0834 e. The first kappa shape index (κ1) is 15.1. The summed E-state index contributed by atoms with van der Waals surface area (Å²) >= 11 is 12.6. The van der Waals surface area contributed by atoms with Crippen LogP contribution < -0.4 is 5.32 Å². The molecule has 1 aliphatic carbocycles. The zero-order valence-corrected chi connectivity index (χ0v) is 13.0. The van der Waals surface area contributed by atoms with E-state index < -0.39 is 0 Å². The number of hydrogen-bond donors (Lipinski definition) is 1. The van der Waals surface area contributed by atoms with Gasteiger partial charge in [0.15, 0.2) is 0 Å². The lowest BCUT2D eigenvalue weighted by Gasteiger charge is -2.47. The van der Waals surface area contributed by atoms with Crippen molar-refractivity contribution in [2.75, 3.05) is 13.7 Å². The largest absolute Gasteiger partial charge is 0.377 e. The van der Waals surface area contributed by atoms with Gasteiger partial charge in [0.2, 0.25) is 0 Å². The molecule has 0 amide bonds. The second-order valence-electron chi connectivity index (χ2n) is 5.14. The van der Waals surface area contributed by atoms with Crippen LogP contribution in [0.25, 0.3) is 0 Å². The van der Waals surface area contributed by atoms with Gasteiger partial charge in [0.05, 0.1) is 5.60 Å². The number of benzene rings is 1. The molecule has 0 radical (unpaired) electrons. The van der Waals surface area contributed by atoms with Gasteiger partial charge in [-0.2, -0.15) is 0 Å². The third-order valence-electron chi connectivity index (χ3n) is 4.16. The van der Waals surface area contributed by atoms with Gasteiger partial charge in [-0.1, -0.05) is 36.2 Å². The van der Waals surface area contributed by atoms with Crippen LogP contribution in [0.3, 0.4) is 0 Å². The minimum atomic E-state index is -0.0570. The summed E-state index contributed by atoms with van der Waals surface area (Å²) in [5.41, 5.74) is 0.957. The molecule has 1 atom stereocenters. The van der Waals surface area contributed by atoms with Crippen molar-refractivity contribution >= 4 is 23.2 Å². The highest BCUT2D eigenvalue weighted by Gasteiger charge is 2.44. The molecular formula is C15H21Cl2NO. The minimum absolute atomic E-state index is 0.0570. The summed E-state index contributed by atoms with van der Waals surface area (Å²) in [6.07, 6.45) is 4.23. The Morgan fingerprint density at radius 2 is 1.95 bits per heavy atom. The number of rotatable bonds is 6. The number of ether oxygens (including phenoxy) is 1. The second kappa shape index (κ2) is 6.45. The van der Waals surface area contributed by atoms with Crippen molar-refractivity contribution in [1.82, 2.24) is 5.32 Å². The van der Waals surface area contributed by atoms with Gasteiger partial charge >= 0.3 is 0 Å². The Hall–Kier alpha value is -0.280. The number of halogens is 2. The summed E-state index contributed by atoms with van der Waals surface area (Å²) in [4.78, 5) is 0. The summed E-state index contributed by atoms with van der Waals surface area (Å²) in [6, 6.07) is 5.93. The van der Waals surface area contributed by atoms with Crippen LogP contribution in [0.1, 0.15) is 31.7 Å². The molecule has 4 heteroatoms. The van der Waals surface area contributed by atoms with Gasteiger partial charge < -0.3 is 10.1 Å². The molecule has 1 unspecified atom stereocenters. The van der Waals surface area contributed by atoms with E-state index in [1.165, 1.54) is 6.42 Å². The van der Waals surface area contributed by atoms with Crippen LogP contribution in [0.4, 0.5) is 0 Å². The van der Waals surface area contributed by atoms with Gasteiger partial charge in [-0.15, -0.1) is 0 Å². The molecule has 0 aromatic heterocycles. The van der Waals surface area contributed by atoms with Crippen molar-refractivity contribution in [3.8, 4) is 0 Å². The zero-order valence-electron chi connectivity index (χ0n) is 11.5. The molecule has 0 saturated heterocycles. The van der Waals surface area contributed by atoms with Crippen LogP contribution in [-0.2, 0) is 11.2 Å². The highest BCUT2D eigenvalue weighted by Crippen LogP contribution is 2.40. The Balaban J connectivity index is 2.21. The van der Waals surface area contributed by atoms with Crippen LogP contribution in [-0.4, -0.2) is 25.3 Å². The highest BCUT2D eigenvalue weighted by atomic mass is 35.5. The lowest BCUT2D eigenvalue weighted by atomic mass is 9.72. The molecule has 1 aliphatic rings.